The van der Waals surface area contributed by atoms with Gasteiger partial charge in [-0.1, -0.05) is 32.0 Å². The molecule has 0 spiro atoms. The van der Waals surface area contributed by atoms with E-state index in [1.54, 1.807) is 11.3 Å². The Kier molecular flexibility index (Phi) is 4.08. The minimum atomic E-state index is 0.281. The van der Waals surface area contributed by atoms with Crippen LogP contribution in [-0.2, 0) is 12.8 Å². The number of halogens is 1. The third-order valence-electron chi connectivity index (χ3n) is 3.42. The van der Waals surface area contributed by atoms with Crippen LogP contribution in [0.15, 0.2) is 30.3 Å². The number of nitrogens with one attached hydrogen (secondary N) is 1. The van der Waals surface area contributed by atoms with E-state index in [0.717, 1.165) is 34.6 Å². The summed E-state index contributed by atoms with van der Waals surface area (Å²) in [7, 11) is 0. The Morgan fingerprint density at radius 1 is 1.14 bits per heavy atom. The van der Waals surface area contributed by atoms with Gasteiger partial charge in [-0.25, -0.2) is 4.98 Å². The summed E-state index contributed by atoms with van der Waals surface area (Å²) in [5.74, 6) is 0.779. The maximum Gasteiger partial charge on any atom is 0.225 e. The predicted molar refractivity (Wildman–Crippen MR) is 90.9 cm³/mol. The first-order valence-electron chi connectivity index (χ1n) is 7.02. The summed E-state index contributed by atoms with van der Waals surface area (Å²) in [6.07, 6.45) is 1.96. The fraction of sp³-hybridized carbons (Fsp3) is 0.250. The molecule has 0 radical (unpaired) electrons. The third-order valence-corrected chi connectivity index (χ3v) is 4.76. The normalized spacial score (nSPS) is 11.0. The van der Waals surface area contributed by atoms with Crippen molar-refractivity contribution in [2.24, 2.45) is 0 Å². The number of hydrogen-bond acceptors (Lipinski definition) is 4. The van der Waals surface area contributed by atoms with E-state index < -0.39 is 0 Å². The summed E-state index contributed by atoms with van der Waals surface area (Å²) in [5.41, 5.74) is 2.33. The lowest BCUT2D eigenvalue weighted by Gasteiger charge is -2.11. The fourth-order valence-corrected chi connectivity index (χ4v) is 3.48. The van der Waals surface area contributed by atoms with Crippen molar-refractivity contribution in [3.63, 3.8) is 0 Å². The van der Waals surface area contributed by atoms with E-state index in [1.165, 1.54) is 10.4 Å². The highest BCUT2D eigenvalue weighted by molar-refractivity contribution is 7.18. The quantitative estimate of drug-likeness (QED) is 0.671. The van der Waals surface area contributed by atoms with Gasteiger partial charge in [0, 0.05) is 10.6 Å². The topological polar surface area (TPSA) is 37.8 Å². The van der Waals surface area contributed by atoms with Gasteiger partial charge >= 0.3 is 0 Å². The number of rotatable bonds is 4. The van der Waals surface area contributed by atoms with Crippen LogP contribution in [-0.4, -0.2) is 9.97 Å². The van der Waals surface area contributed by atoms with E-state index in [1.807, 2.05) is 12.1 Å². The molecular weight excluding hydrogens is 302 g/mol. The van der Waals surface area contributed by atoms with Gasteiger partial charge in [-0.15, -0.1) is 11.3 Å². The average molecular weight is 318 g/mol. The van der Waals surface area contributed by atoms with Crippen molar-refractivity contribution in [2.75, 3.05) is 5.32 Å². The van der Waals surface area contributed by atoms with E-state index in [9.17, 15) is 0 Å². The van der Waals surface area contributed by atoms with E-state index in [2.05, 4.69) is 47.3 Å². The second kappa shape index (κ2) is 6.00. The smallest absolute Gasteiger partial charge is 0.225 e. The van der Waals surface area contributed by atoms with Crippen LogP contribution < -0.4 is 5.32 Å². The Bertz CT molecular complexity index is 782. The average Bonchev–Trinajstić information content (AvgIpc) is 2.91. The van der Waals surface area contributed by atoms with Crippen molar-refractivity contribution in [1.82, 2.24) is 9.97 Å². The van der Waals surface area contributed by atoms with Gasteiger partial charge < -0.3 is 5.32 Å². The van der Waals surface area contributed by atoms with Gasteiger partial charge in [0.15, 0.2) is 0 Å². The SMILES string of the molecule is CCc1cc2c(Nc3ccccc3CC)nc(Cl)nc2s1. The van der Waals surface area contributed by atoms with E-state index in [4.69, 9.17) is 11.6 Å². The molecule has 2 aromatic heterocycles. The van der Waals surface area contributed by atoms with E-state index in [0.29, 0.717) is 0 Å². The van der Waals surface area contributed by atoms with Gasteiger partial charge in [0.1, 0.15) is 10.6 Å². The molecule has 3 aromatic rings. The van der Waals surface area contributed by atoms with Crippen molar-refractivity contribution >= 4 is 44.7 Å². The summed E-state index contributed by atoms with van der Waals surface area (Å²) in [6, 6.07) is 10.4. The van der Waals surface area contributed by atoms with Gasteiger partial charge in [-0.3, -0.25) is 0 Å². The zero-order valence-electron chi connectivity index (χ0n) is 12.0. The molecule has 0 saturated carbocycles. The van der Waals surface area contributed by atoms with Crippen LogP contribution >= 0.6 is 22.9 Å². The zero-order valence-corrected chi connectivity index (χ0v) is 13.6. The number of hydrogen-bond donors (Lipinski definition) is 1. The van der Waals surface area contributed by atoms with Crippen LogP contribution in [0.2, 0.25) is 5.28 Å². The molecule has 2 heterocycles. The second-order valence-corrected chi connectivity index (χ2v) is 6.22. The highest BCUT2D eigenvalue weighted by Crippen LogP contribution is 2.32. The van der Waals surface area contributed by atoms with Crippen LogP contribution in [0.5, 0.6) is 0 Å². The molecule has 0 aliphatic carbocycles. The van der Waals surface area contributed by atoms with Crippen LogP contribution in [0.3, 0.4) is 0 Å². The minimum Gasteiger partial charge on any atom is -0.339 e. The molecule has 108 valence electrons. The molecule has 0 unspecified atom stereocenters. The number of anilines is 2. The zero-order chi connectivity index (χ0) is 14.8. The molecule has 0 bridgehead atoms. The van der Waals surface area contributed by atoms with Gasteiger partial charge in [-0.2, -0.15) is 4.98 Å². The van der Waals surface area contributed by atoms with Crippen molar-refractivity contribution in [3.05, 3.63) is 46.1 Å². The molecule has 3 nitrogen and oxygen atoms in total. The summed E-state index contributed by atoms with van der Waals surface area (Å²) >= 11 is 7.73. The molecule has 5 heteroatoms. The molecular formula is C16H16ClN3S. The van der Waals surface area contributed by atoms with Crippen LogP contribution in [0.25, 0.3) is 10.2 Å². The standard InChI is InChI=1S/C16H16ClN3S/c1-3-10-7-5-6-8-13(10)18-14-12-9-11(4-2)21-15(12)20-16(17)19-14/h5-9H,3-4H2,1-2H3,(H,18,19,20). The van der Waals surface area contributed by atoms with E-state index >= 15 is 0 Å². The number of aromatic nitrogens is 2. The number of benzene rings is 1. The van der Waals surface area contributed by atoms with Crippen LogP contribution in [0.1, 0.15) is 24.3 Å². The molecule has 0 atom stereocenters. The van der Waals surface area contributed by atoms with Gasteiger partial charge in [-0.05, 0) is 42.1 Å². The number of thiophene rings is 1. The Balaban J connectivity index is 2.09. The molecule has 0 aliphatic heterocycles. The molecule has 1 aromatic carbocycles. The Morgan fingerprint density at radius 2 is 1.95 bits per heavy atom. The number of fused-ring (bicyclic) bond motifs is 1. The highest BCUT2D eigenvalue weighted by atomic mass is 35.5. The maximum atomic E-state index is 6.06. The summed E-state index contributed by atoms with van der Waals surface area (Å²) in [5, 5.41) is 4.73. The minimum absolute atomic E-state index is 0.281. The summed E-state index contributed by atoms with van der Waals surface area (Å²) in [4.78, 5) is 10.9. The first-order valence-corrected chi connectivity index (χ1v) is 8.21. The first kappa shape index (κ1) is 14.3. The Morgan fingerprint density at radius 3 is 2.71 bits per heavy atom. The highest BCUT2D eigenvalue weighted by Gasteiger charge is 2.11. The Hall–Kier alpha value is -1.65. The number of aryl methyl sites for hydroxylation is 2. The Labute approximate surface area is 133 Å². The monoisotopic (exact) mass is 317 g/mol. The molecule has 21 heavy (non-hydrogen) atoms. The first-order chi connectivity index (χ1) is 10.2. The van der Waals surface area contributed by atoms with Gasteiger partial charge in [0.25, 0.3) is 0 Å². The molecule has 0 amide bonds. The summed E-state index contributed by atoms with van der Waals surface area (Å²) in [6.45, 7) is 4.28. The van der Waals surface area contributed by atoms with Crippen molar-refractivity contribution in [2.45, 2.75) is 26.7 Å². The maximum absolute atomic E-state index is 6.06. The largest absolute Gasteiger partial charge is 0.339 e. The van der Waals surface area contributed by atoms with Gasteiger partial charge in [0.05, 0.1) is 5.39 Å². The third kappa shape index (κ3) is 2.87. The van der Waals surface area contributed by atoms with Crippen LogP contribution in [0.4, 0.5) is 11.5 Å². The van der Waals surface area contributed by atoms with Crippen molar-refractivity contribution in [3.8, 4) is 0 Å². The van der Waals surface area contributed by atoms with Crippen molar-refractivity contribution < 1.29 is 0 Å². The second-order valence-electron chi connectivity index (χ2n) is 4.76. The lowest BCUT2D eigenvalue weighted by atomic mass is 10.1. The molecule has 0 aliphatic rings. The lowest BCUT2D eigenvalue weighted by molar-refractivity contribution is 1.14. The lowest BCUT2D eigenvalue weighted by Crippen LogP contribution is -1.98. The fourth-order valence-electron chi connectivity index (χ4n) is 2.29. The van der Waals surface area contributed by atoms with Crippen LogP contribution in [0, 0.1) is 0 Å². The van der Waals surface area contributed by atoms with Gasteiger partial charge in [0.2, 0.25) is 5.28 Å². The molecule has 0 fully saturated rings. The van der Waals surface area contributed by atoms with E-state index in [-0.39, 0.29) is 5.28 Å². The van der Waals surface area contributed by atoms with Crippen molar-refractivity contribution in [1.29, 1.82) is 0 Å². The summed E-state index contributed by atoms with van der Waals surface area (Å²) < 4.78 is 0. The molecule has 0 saturated heterocycles. The number of nitrogens with zero attached hydrogens (tertiary/aromatic N) is 2. The molecule has 3 rings (SSSR count). The number of para-hydroxylation sites is 1. The predicted octanol–water partition coefficient (Wildman–Crippen LogP) is 5.21. The molecule has 1 N–H and O–H groups in total.